The predicted molar refractivity (Wildman–Crippen MR) is 92.8 cm³/mol. The van der Waals surface area contributed by atoms with E-state index in [0.717, 1.165) is 37.6 Å². The van der Waals surface area contributed by atoms with E-state index in [2.05, 4.69) is 22.8 Å². The third kappa shape index (κ3) is 3.72. The highest BCUT2D eigenvalue weighted by molar-refractivity contribution is 7.14. The molecule has 1 aromatic heterocycles. The molecular weight excluding hydrogens is 292 g/mol. The molecule has 1 saturated heterocycles. The second kappa shape index (κ2) is 7.60. The molecule has 0 radical (unpaired) electrons. The number of hydrogen-bond donors (Lipinski definition) is 0. The number of hydrogen-bond acceptors (Lipinski definition) is 3. The van der Waals surface area contributed by atoms with Gasteiger partial charge in [0, 0.05) is 31.1 Å². The lowest BCUT2D eigenvalue weighted by atomic mass is 10.00. The molecule has 0 saturated carbocycles. The Morgan fingerprint density at radius 3 is 2.55 bits per heavy atom. The van der Waals surface area contributed by atoms with Crippen molar-refractivity contribution in [3.8, 4) is 0 Å². The number of carbonyl (C=O) groups excluding carboxylic acids is 1. The van der Waals surface area contributed by atoms with Crippen LogP contribution < -0.4 is 0 Å². The van der Waals surface area contributed by atoms with Crippen LogP contribution in [-0.2, 0) is 12.8 Å². The van der Waals surface area contributed by atoms with Crippen LogP contribution in [0, 0.1) is 0 Å². The molecule has 1 aliphatic heterocycles. The van der Waals surface area contributed by atoms with Crippen LogP contribution in [-0.4, -0.2) is 48.4 Å². The summed E-state index contributed by atoms with van der Waals surface area (Å²) in [6, 6.07) is 2.20. The Balaban J connectivity index is 1.64. The molecule has 4 heteroatoms. The minimum Gasteiger partial charge on any atom is -0.335 e. The molecule has 3 rings (SSSR count). The van der Waals surface area contributed by atoms with Crippen molar-refractivity contribution < 1.29 is 4.79 Å². The number of amides is 1. The molecule has 2 heterocycles. The number of piperazine rings is 1. The number of nitrogens with zero attached hydrogens (tertiary/aromatic N) is 2. The lowest BCUT2D eigenvalue weighted by Crippen LogP contribution is -2.48. The molecule has 0 aromatic carbocycles. The summed E-state index contributed by atoms with van der Waals surface area (Å²) in [6.45, 7) is 7.23. The van der Waals surface area contributed by atoms with Crippen LogP contribution in [0.3, 0.4) is 0 Å². The van der Waals surface area contributed by atoms with Crippen LogP contribution in [0.1, 0.15) is 59.1 Å². The summed E-state index contributed by atoms with van der Waals surface area (Å²) < 4.78 is 0. The van der Waals surface area contributed by atoms with Gasteiger partial charge >= 0.3 is 0 Å². The number of carbonyl (C=O) groups is 1. The first-order valence-electron chi connectivity index (χ1n) is 8.91. The predicted octanol–water partition coefficient (Wildman–Crippen LogP) is 3.57. The zero-order chi connectivity index (χ0) is 15.4. The first-order chi connectivity index (χ1) is 10.8. The summed E-state index contributed by atoms with van der Waals surface area (Å²) in [5, 5.41) is 0. The normalized spacial score (nSPS) is 20.3. The summed E-state index contributed by atoms with van der Waals surface area (Å²) in [5.74, 6) is 0.271. The van der Waals surface area contributed by atoms with Crippen molar-refractivity contribution in [3.05, 3.63) is 21.4 Å². The number of thiophene rings is 1. The van der Waals surface area contributed by atoms with Crippen molar-refractivity contribution in [3.63, 3.8) is 0 Å². The monoisotopic (exact) mass is 320 g/mol. The maximum Gasteiger partial charge on any atom is 0.264 e. The average Bonchev–Trinajstić information content (AvgIpc) is 2.90. The number of aryl methyl sites for hydroxylation is 2. The Bertz CT molecular complexity index is 478. The third-order valence-corrected chi connectivity index (χ3v) is 6.13. The molecule has 1 aliphatic carbocycles. The summed E-state index contributed by atoms with van der Waals surface area (Å²) in [4.78, 5) is 19.8. The van der Waals surface area contributed by atoms with Gasteiger partial charge in [-0.2, -0.15) is 0 Å². The van der Waals surface area contributed by atoms with Crippen LogP contribution in [0.4, 0.5) is 0 Å². The second-order valence-corrected chi connectivity index (χ2v) is 7.74. The molecule has 22 heavy (non-hydrogen) atoms. The topological polar surface area (TPSA) is 23.6 Å². The molecule has 0 bridgehead atoms. The van der Waals surface area contributed by atoms with Crippen LogP contribution in [0.2, 0.25) is 0 Å². The Labute approximate surface area is 138 Å². The Morgan fingerprint density at radius 2 is 1.82 bits per heavy atom. The van der Waals surface area contributed by atoms with Crippen molar-refractivity contribution in [2.45, 2.75) is 51.9 Å². The van der Waals surface area contributed by atoms with Gasteiger partial charge in [-0.1, -0.05) is 19.8 Å². The summed E-state index contributed by atoms with van der Waals surface area (Å²) in [6.07, 6.45) is 8.81. The van der Waals surface area contributed by atoms with Gasteiger partial charge in [-0.3, -0.25) is 9.69 Å². The van der Waals surface area contributed by atoms with Crippen LogP contribution in [0.15, 0.2) is 6.07 Å². The first kappa shape index (κ1) is 16.0. The van der Waals surface area contributed by atoms with Gasteiger partial charge in [0.15, 0.2) is 0 Å². The average molecular weight is 321 g/mol. The minimum absolute atomic E-state index is 0.271. The highest BCUT2D eigenvalue weighted by atomic mass is 32.1. The highest BCUT2D eigenvalue weighted by Gasteiger charge is 2.24. The summed E-state index contributed by atoms with van der Waals surface area (Å²) >= 11 is 1.77. The maximum absolute atomic E-state index is 12.8. The van der Waals surface area contributed by atoms with E-state index in [9.17, 15) is 4.79 Å². The van der Waals surface area contributed by atoms with Gasteiger partial charge < -0.3 is 4.90 Å². The molecule has 1 amide bonds. The minimum atomic E-state index is 0.271. The molecule has 122 valence electrons. The van der Waals surface area contributed by atoms with E-state index in [1.54, 1.807) is 11.3 Å². The van der Waals surface area contributed by atoms with E-state index >= 15 is 0 Å². The van der Waals surface area contributed by atoms with Gasteiger partial charge in [-0.25, -0.2) is 0 Å². The van der Waals surface area contributed by atoms with Crippen LogP contribution >= 0.6 is 11.3 Å². The van der Waals surface area contributed by atoms with Crippen molar-refractivity contribution in [1.82, 2.24) is 9.80 Å². The summed E-state index contributed by atoms with van der Waals surface area (Å²) in [5.41, 5.74) is 1.46. The lowest BCUT2D eigenvalue weighted by molar-refractivity contribution is 0.0642. The van der Waals surface area contributed by atoms with E-state index in [4.69, 9.17) is 0 Å². The zero-order valence-electron chi connectivity index (χ0n) is 13.8. The van der Waals surface area contributed by atoms with Gasteiger partial charge in [0.2, 0.25) is 0 Å². The number of fused-ring (bicyclic) bond motifs is 1. The fourth-order valence-corrected chi connectivity index (χ4v) is 4.82. The van der Waals surface area contributed by atoms with E-state index < -0.39 is 0 Å². The summed E-state index contributed by atoms with van der Waals surface area (Å²) in [7, 11) is 0. The Hall–Kier alpha value is -0.870. The molecular formula is C18H28N2OS. The standard InChI is InChI=1S/C18H28N2OS/c1-2-9-19-10-12-20(13-11-19)18(21)17-14-15-7-5-3-4-6-8-16(15)22-17/h14H,2-13H2,1H3. The molecule has 1 aromatic rings. The maximum atomic E-state index is 12.8. The molecule has 0 atom stereocenters. The van der Waals surface area contributed by atoms with Crippen molar-refractivity contribution in [2.75, 3.05) is 32.7 Å². The smallest absolute Gasteiger partial charge is 0.264 e. The van der Waals surface area contributed by atoms with E-state index in [0.29, 0.717) is 0 Å². The zero-order valence-corrected chi connectivity index (χ0v) is 14.6. The molecule has 2 aliphatic rings. The third-order valence-electron chi connectivity index (χ3n) is 4.91. The Kier molecular flexibility index (Phi) is 5.53. The lowest BCUT2D eigenvalue weighted by Gasteiger charge is -2.34. The van der Waals surface area contributed by atoms with Crippen molar-refractivity contribution in [2.24, 2.45) is 0 Å². The van der Waals surface area contributed by atoms with Gasteiger partial charge in [-0.15, -0.1) is 11.3 Å². The van der Waals surface area contributed by atoms with E-state index in [1.165, 1.54) is 55.4 Å². The second-order valence-electron chi connectivity index (χ2n) is 6.61. The SMILES string of the molecule is CCCN1CCN(C(=O)c2cc3c(s2)CCCCCC3)CC1. The highest BCUT2D eigenvalue weighted by Crippen LogP contribution is 2.29. The van der Waals surface area contributed by atoms with Gasteiger partial charge in [0.1, 0.15) is 0 Å². The fourth-order valence-electron chi connectivity index (χ4n) is 3.60. The van der Waals surface area contributed by atoms with E-state index in [-0.39, 0.29) is 5.91 Å². The van der Waals surface area contributed by atoms with Crippen LogP contribution in [0.25, 0.3) is 0 Å². The fraction of sp³-hybridized carbons (Fsp3) is 0.722. The quantitative estimate of drug-likeness (QED) is 0.850. The van der Waals surface area contributed by atoms with Gasteiger partial charge in [-0.05, 0) is 50.3 Å². The van der Waals surface area contributed by atoms with Gasteiger partial charge in [0.25, 0.3) is 5.91 Å². The number of rotatable bonds is 3. The molecule has 0 spiro atoms. The Morgan fingerprint density at radius 1 is 1.09 bits per heavy atom. The molecule has 0 unspecified atom stereocenters. The largest absolute Gasteiger partial charge is 0.335 e. The molecule has 1 fully saturated rings. The van der Waals surface area contributed by atoms with Crippen molar-refractivity contribution >= 4 is 17.2 Å². The van der Waals surface area contributed by atoms with Crippen molar-refractivity contribution in [1.29, 1.82) is 0 Å². The molecule has 0 N–H and O–H groups in total. The van der Waals surface area contributed by atoms with Gasteiger partial charge in [0.05, 0.1) is 4.88 Å². The van der Waals surface area contributed by atoms with E-state index in [1.807, 2.05) is 0 Å². The first-order valence-corrected chi connectivity index (χ1v) is 9.73. The molecule has 3 nitrogen and oxygen atoms in total. The van der Waals surface area contributed by atoms with Crippen LogP contribution in [0.5, 0.6) is 0 Å².